The van der Waals surface area contributed by atoms with Crippen LogP contribution in [0.15, 0.2) is 30.3 Å². The second-order valence-electron chi connectivity index (χ2n) is 4.37. The van der Waals surface area contributed by atoms with Gasteiger partial charge < -0.3 is 9.80 Å². The van der Waals surface area contributed by atoms with E-state index in [4.69, 9.17) is 0 Å². The fraction of sp³-hybridized carbons (Fsp3) is 0.500. The first-order valence-corrected chi connectivity index (χ1v) is 6.17. The molecule has 0 aliphatic carbocycles. The Balaban J connectivity index is 0.00000144. The molecule has 1 aliphatic rings. The minimum absolute atomic E-state index is 0. The molecule has 17 heavy (non-hydrogen) atoms. The number of hydrogen-bond acceptors (Lipinski definition) is 2. The van der Waals surface area contributed by atoms with Crippen molar-refractivity contribution in [2.45, 2.75) is 13.8 Å². The van der Waals surface area contributed by atoms with Gasteiger partial charge in [0.15, 0.2) is 0 Å². The van der Waals surface area contributed by atoms with Gasteiger partial charge in [-0.15, -0.1) is 18.2 Å². The monoisotopic (exact) mass is 306 g/mol. The predicted molar refractivity (Wildman–Crippen MR) is 68.1 cm³/mol. The number of piperazine rings is 1. The molecule has 0 unspecified atom stereocenters. The fourth-order valence-corrected chi connectivity index (χ4v) is 2.26. The van der Waals surface area contributed by atoms with Crippen LogP contribution >= 0.6 is 0 Å². The normalized spacial score (nSPS) is 17.5. The summed E-state index contributed by atoms with van der Waals surface area (Å²) in [5.41, 5.74) is 1.35. The van der Waals surface area contributed by atoms with E-state index in [9.17, 15) is 0 Å². The zero-order valence-corrected chi connectivity index (χ0v) is 13.7. The molecule has 2 rings (SSSR count). The van der Waals surface area contributed by atoms with E-state index in [0.717, 1.165) is 13.1 Å². The van der Waals surface area contributed by atoms with Crippen LogP contribution in [-0.2, 0) is 32.7 Å². The molecule has 0 spiro atoms. The zero-order chi connectivity index (χ0) is 11.4. The van der Waals surface area contributed by atoms with Gasteiger partial charge in [-0.05, 0) is 6.54 Å². The van der Waals surface area contributed by atoms with Crippen molar-refractivity contribution in [3.05, 3.63) is 41.9 Å². The predicted octanol–water partition coefficient (Wildman–Crippen LogP) is 2.22. The molecular formula is C14H21N2Y-. The van der Waals surface area contributed by atoms with E-state index in [1.165, 1.54) is 31.2 Å². The first-order chi connectivity index (χ1) is 7.81. The summed E-state index contributed by atoms with van der Waals surface area (Å²) in [6, 6.07) is 12.1. The minimum Gasteiger partial charge on any atom is -0.328 e. The Morgan fingerprint density at radius 3 is 2.18 bits per heavy atom. The summed E-state index contributed by atoms with van der Waals surface area (Å²) in [7, 11) is 0. The maximum Gasteiger partial charge on any atom is 0.0103 e. The van der Waals surface area contributed by atoms with Crippen LogP contribution in [-0.4, -0.2) is 42.5 Å². The molecule has 1 heterocycles. The molecular weight excluding hydrogens is 285 g/mol. The largest absolute Gasteiger partial charge is 0.328 e. The second kappa shape index (κ2) is 7.53. The van der Waals surface area contributed by atoms with Crippen LogP contribution in [0.4, 0.5) is 0 Å². The van der Waals surface area contributed by atoms with Crippen molar-refractivity contribution < 1.29 is 32.7 Å². The molecule has 1 saturated heterocycles. The standard InChI is InChI=1S/C14H21N2.Y/c1-3-15-9-11-16(12-10-15)13(2)14-7-5-4-6-8-14;/h4-8H,3,9-12H2,1-2H3;/q-1;. The summed E-state index contributed by atoms with van der Waals surface area (Å²) in [5, 5.41) is 0. The van der Waals surface area contributed by atoms with Gasteiger partial charge in [0.25, 0.3) is 0 Å². The Bertz CT molecular complexity index is 307. The quantitative estimate of drug-likeness (QED) is 0.790. The van der Waals surface area contributed by atoms with Crippen molar-refractivity contribution in [2.24, 2.45) is 0 Å². The number of benzene rings is 1. The van der Waals surface area contributed by atoms with Crippen molar-refractivity contribution in [3.63, 3.8) is 0 Å². The van der Waals surface area contributed by atoms with Crippen LogP contribution in [0.3, 0.4) is 0 Å². The maximum atomic E-state index is 2.51. The first-order valence-electron chi connectivity index (χ1n) is 6.17. The molecule has 0 aromatic heterocycles. The Hall–Kier alpha value is 0.114. The van der Waals surface area contributed by atoms with E-state index in [2.05, 4.69) is 54.0 Å². The van der Waals surface area contributed by atoms with Gasteiger partial charge in [0.1, 0.15) is 0 Å². The van der Waals surface area contributed by atoms with E-state index in [1.807, 2.05) is 0 Å². The van der Waals surface area contributed by atoms with Gasteiger partial charge in [0.2, 0.25) is 0 Å². The number of likely N-dealkylation sites (N-methyl/N-ethyl adjacent to an activating group) is 1. The summed E-state index contributed by atoms with van der Waals surface area (Å²) in [6.45, 7) is 10.4. The third-order valence-corrected chi connectivity index (χ3v) is 3.49. The number of hydrogen-bond donors (Lipinski definition) is 0. The summed E-state index contributed by atoms with van der Waals surface area (Å²) in [4.78, 5) is 5.01. The average Bonchev–Trinajstić information content (AvgIpc) is 2.39. The van der Waals surface area contributed by atoms with E-state index in [0.29, 0.717) is 0 Å². The van der Waals surface area contributed by atoms with Gasteiger partial charge in [-0.2, -0.15) is 17.7 Å². The molecule has 0 N–H and O–H groups in total. The van der Waals surface area contributed by atoms with Crippen molar-refractivity contribution >= 4 is 0 Å². The molecule has 2 nitrogen and oxygen atoms in total. The Kier molecular flexibility index (Phi) is 6.72. The molecule has 1 aliphatic heterocycles. The van der Waals surface area contributed by atoms with Gasteiger partial charge >= 0.3 is 0 Å². The number of rotatable bonds is 3. The summed E-state index contributed by atoms with van der Waals surface area (Å²) in [5.74, 6) is 0. The minimum atomic E-state index is 0. The van der Waals surface area contributed by atoms with E-state index < -0.39 is 0 Å². The maximum absolute atomic E-state index is 2.51. The van der Waals surface area contributed by atoms with Crippen LogP contribution in [0.1, 0.15) is 19.4 Å². The van der Waals surface area contributed by atoms with Gasteiger partial charge in [-0.25, -0.2) is 0 Å². The van der Waals surface area contributed by atoms with Crippen LogP contribution in [0.25, 0.3) is 0 Å². The molecule has 0 amide bonds. The molecule has 0 atom stereocenters. The van der Waals surface area contributed by atoms with Gasteiger partial charge in [0.05, 0.1) is 0 Å². The van der Waals surface area contributed by atoms with Crippen LogP contribution in [0, 0.1) is 6.04 Å². The third kappa shape index (κ3) is 4.06. The van der Waals surface area contributed by atoms with Crippen molar-refractivity contribution in [3.8, 4) is 0 Å². The molecule has 1 fully saturated rings. The van der Waals surface area contributed by atoms with Crippen molar-refractivity contribution in [1.82, 2.24) is 9.80 Å². The molecule has 1 aromatic carbocycles. The van der Waals surface area contributed by atoms with Gasteiger partial charge in [0, 0.05) is 58.9 Å². The molecule has 1 radical (unpaired) electrons. The summed E-state index contributed by atoms with van der Waals surface area (Å²) >= 11 is 0. The second-order valence-corrected chi connectivity index (χ2v) is 4.37. The number of nitrogens with zero attached hydrogens (tertiary/aromatic N) is 2. The molecule has 3 heteroatoms. The molecule has 91 valence electrons. The first kappa shape index (κ1) is 15.2. The summed E-state index contributed by atoms with van der Waals surface area (Å²) < 4.78 is 0. The molecule has 1 aromatic rings. The Morgan fingerprint density at radius 1 is 1.06 bits per heavy atom. The third-order valence-electron chi connectivity index (χ3n) is 3.49. The van der Waals surface area contributed by atoms with E-state index in [1.54, 1.807) is 0 Å². The topological polar surface area (TPSA) is 6.48 Å². The molecule has 0 bridgehead atoms. The van der Waals surface area contributed by atoms with Crippen LogP contribution < -0.4 is 0 Å². The van der Waals surface area contributed by atoms with E-state index in [-0.39, 0.29) is 32.7 Å². The van der Waals surface area contributed by atoms with Crippen molar-refractivity contribution in [2.75, 3.05) is 32.7 Å². The van der Waals surface area contributed by atoms with Crippen molar-refractivity contribution in [1.29, 1.82) is 0 Å². The van der Waals surface area contributed by atoms with Gasteiger partial charge in [-0.1, -0.05) is 19.9 Å². The summed E-state index contributed by atoms with van der Waals surface area (Å²) in [6.07, 6.45) is 0. The smallest absolute Gasteiger partial charge is 0.0103 e. The fourth-order valence-electron chi connectivity index (χ4n) is 2.26. The molecule has 0 saturated carbocycles. The van der Waals surface area contributed by atoms with Crippen LogP contribution in [0.2, 0.25) is 0 Å². The van der Waals surface area contributed by atoms with Gasteiger partial charge in [-0.3, -0.25) is 0 Å². The SMILES string of the molecule is CCN1CCN([C-](C)c2ccccc2)CC1.[Y]. The van der Waals surface area contributed by atoms with E-state index >= 15 is 0 Å². The zero-order valence-electron chi connectivity index (χ0n) is 10.9. The average molecular weight is 306 g/mol. The van der Waals surface area contributed by atoms with Crippen LogP contribution in [0.5, 0.6) is 0 Å². The Labute approximate surface area is 130 Å². The Morgan fingerprint density at radius 2 is 1.65 bits per heavy atom.